The summed E-state index contributed by atoms with van der Waals surface area (Å²) in [7, 11) is 0. The van der Waals surface area contributed by atoms with E-state index in [2.05, 4.69) is 65.1 Å². The van der Waals surface area contributed by atoms with Gasteiger partial charge in [-0.3, -0.25) is 4.79 Å². The number of phenolic OH excluding ortho intramolecular Hbond substituents is 1. The number of unbranched alkanes of at least 4 members (excludes halogenated alkanes) is 14. The molecular formula is C33H58N2O2. The molecule has 0 atom stereocenters. The molecule has 0 bridgehead atoms. The molecule has 0 aliphatic heterocycles. The zero-order valence-corrected chi connectivity index (χ0v) is 25.3. The SMILES string of the molecule is CCCCCCCCCCCCCCCCCC(=O)NN=Cc1cc(C(C)(C)C)cc(C(C)(C)C)c1O. The zero-order valence-electron chi connectivity index (χ0n) is 25.3. The fourth-order valence-electron chi connectivity index (χ4n) is 4.65. The number of carbonyl (C=O) groups excluding carboxylic acids is 1. The van der Waals surface area contributed by atoms with Crippen LogP contribution in [-0.4, -0.2) is 17.2 Å². The van der Waals surface area contributed by atoms with E-state index in [0.29, 0.717) is 12.0 Å². The quantitative estimate of drug-likeness (QED) is 0.116. The van der Waals surface area contributed by atoms with Crippen LogP contribution in [0.2, 0.25) is 0 Å². The number of aromatic hydroxyl groups is 1. The van der Waals surface area contributed by atoms with Crippen LogP contribution in [0, 0.1) is 0 Å². The van der Waals surface area contributed by atoms with Crippen molar-refractivity contribution in [3.63, 3.8) is 0 Å². The van der Waals surface area contributed by atoms with Gasteiger partial charge in [-0.25, -0.2) is 5.43 Å². The topological polar surface area (TPSA) is 61.7 Å². The molecule has 1 amide bonds. The summed E-state index contributed by atoms with van der Waals surface area (Å²) in [4.78, 5) is 12.2. The van der Waals surface area contributed by atoms with Gasteiger partial charge in [-0.15, -0.1) is 0 Å². The van der Waals surface area contributed by atoms with Crippen LogP contribution in [-0.2, 0) is 15.6 Å². The third kappa shape index (κ3) is 14.6. The minimum Gasteiger partial charge on any atom is -0.507 e. The Labute approximate surface area is 229 Å². The summed E-state index contributed by atoms with van der Waals surface area (Å²) in [5.74, 6) is 0.175. The van der Waals surface area contributed by atoms with Gasteiger partial charge in [0.2, 0.25) is 5.91 Å². The molecule has 212 valence electrons. The molecule has 1 aromatic rings. The van der Waals surface area contributed by atoms with E-state index in [9.17, 15) is 9.90 Å². The second-order valence-electron chi connectivity index (χ2n) is 13.0. The second-order valence-corrected chi connectivity index (χ2v) is 13.0. The van der Waals surface area contributed by atoms with Crippen molar-refractivity contribution in [2.24, 2.45) is 5.10 Å². The number of hydrazone groups is 1. The number of amides is 1. The monoisotopic (exact) mass is 514 g/mol. The smallest absolute Gasteiger partial charge is 0.240 e. The minimum absolute atomic E-state index is 0.0485. The molecule has 0 aromatic heterocycles. The highest BCUT2D eigenvalue weighted by molar-refractivity contribution is 5.86. The number of carbonyl (C=O) groups is 1. The Balaban J connectivity index is 2.24. The average Bonchev–Trinajstić information content (AvgIpc) is 2.81. The maximum Gasteiger partial charge on any atom is 0.240 e. The third-order valence-corrected chi connectivity index (χ3v) is 7.21. The predicted molar refractivity (Wildman–Crippen MR) is 161 cm³/mol. The molecule has 0 fully saturated rings. The van der Waals surface area contributed by atoms with Gasteiger partial charge in [-0.2, -0.15) is 5.10 Å². The number of hydrogen-bond donors (Lipinski definition) is 2. The molecule has 1 aromatic carbocycles. The standard InChI is InChI=1S/C33H58N2O2/c1-8-9-10-11-12-13-14-15-16-17-18-19-20-21-22-23-30(36)35-34-26-27-24-28(32(2,3)4)25-29(31(27)37)33(5,6)7/h24-26,37H,8-23H2,1-7H3,(H,35,36). The first-order valence-electron chi connectivity index (χ1n) is 15.2. The fourth-order valence-corrected chi connectivity index (χ4v) is 4.65. The van der Waals surface area contributed by atoms with E-state index in [0.717, 1.165) is 24.0 Å². The maximum atomic E-state index is 12.2. The summed E-state index contributed by atoms with van der Waals surface area (Å²) < 4.78 is 0. The molecule has 0 aliphatic carbocycles. The van der Waals surface area contributed by atoms with Crippen LogP contribution < -0.4 is 5.43 Å². The van der Waals surface area contributed by atoms with Crippen LogP contribution >= 0.6 is 0 Å². The molecule has 0 unspecified atom stereocenters. The lowest BCUT2D eigenvalue weighted by Crippen LogP contribution is -2.19. The van der Waals surface area contributed by atoms with Crippen molar-refractivity contribution in [3.05, 3.63) is 28.8 Å². The molecule has 37 heavy (non-hydrogen) atoms. The summed E-state index contributed by atoms with van der Waals surface area (Å²) in [6.45, 7) is 15.0. The van der Waals surface area contributed by atoms with E-state index in [-0.39, 0.29) is 22.5 Å². The number of benzene rings is 1. The Bertz CT molecular complexity index is 800. The van der Waals surface area contributed by atoms with E-state index >= 15 is 0 Å². The van der Waals surface area contributed by atoms with Crippen LogP contribution in [0.25, 0.3) is 0 Å². The lowest BCUT2D eigenvalue weighted by Gasteiger charge is -2.26. The van der Waals surface area contributed by atoms with E-state index in [1.54, 1.807) is 6.21 Å². The van der Waals surface area contributed by atoms with E-state index < -0.39 is 0 Å². The molecule has 4 nitrogen and oxygen atoms in total. The van der Waals surface area contributed by atoms with Crippen molar-refractivity contribution in [2.45, 2.75) is 162 Å². The number of nitrogens with zero attached hydrogens (tertiary/aromatic N) is 1. The summed E-state index contributed by atoms with van der Waals surface area (Å²) in [6.07, 6.45) is 21.8. The second kappa shape index (κ2) is 17.6. The number of hydrogen-bond acceptors (Lipinski definition) is 3. The molecule has 0 heterocycles. The molecule has 0 saturated heterocycles. The molecular weight excluding hydrogens is 456 g/mol. The highest BCUT2D eigenvalue weighted by atomic mass is 16.3. The summed E-state index contributed by atoms with van der Waals surface area (Å²) >= 11 is 0. The maximum absolute atomic E-state index is 12.2. The van der Waals surface area contributed by atoms with Crippen LogP contribution in [0.15, 0.2) is 17.2 Å². The number of rotatable bonds is 18. The van der Waals surface area contributed by atoms with E-state index in [1.165, 1.54) is 83.5 Å². The molecule has 0 aliphatic rings. The molecule has 0 saturated carbocycles. The highest BCUT2D eigenvalue weighted by Gasteiger charge is 2.24. The van der Waals surface area contributed by atoms with Crippen LogP contribution in [0.4, 0.5) is 0 Å². The number of nitrogens with one attached hydrogen (secondary N) is 1. The molecule has 0 spiro atoms. The van der Waals surface area contributed by atoms with Crippen LogP contribution in [0.3, 0.4) is 0 Å². The van der Waals surface area contributed by atoms with Gasteiger partial charge in [0, 0.05) is 17.5 Å². The van der Waals surface area contributed by atoms with Gasteiger partial charge in [0.05, 0.1) is 6.21 Å². The molecule has 1 rings (SSSR count). The first kappa shape index (κ1) is 33.2. The van der Waals surface area contributed by atoms with Crippen LogP contribution in [0.1, 0.15) is 168 Å². The van der Waals surface area contributed by atoms with Gasteiger partial charge in [0.1, 0.15) is 5.75 Å². The van der Waals surface area contributed by atoms with Crippen molar-refractivity contribution in [3.8, 4) is 5.75 Å². The normalized spacial score (nSPS) is 12.4. The van der Waals surface area contributed by atoms with Crippen molar-refractivity contribution < 1.29 is 9.90 Å². The van der Waals surface area contributed by atoms with Gasteiger partial charge in [-0.1, -0.05) is 144 Å². The summed E-state index contributed by atoms with van der Waals surface area (Å²) in [5, 5.41) is 15.0. The van der Waals surface area contributed by atoms with Crippen LogP contribution in [0.5, 0.6) is 5.75 Å². The van der Waals surface area contributed by atoms with E-state index in [1.807, 2.05) is 6.07 Å². The lowest BCUT2D eigenvalue weighted by molar-refractivity contribution is -0.121. The summed E-state index contributed by atoms with van der Waals surface area (Å²) in [5.41, 5.74) is 5.08. The Kier molecular flexibility index (Phi) is 15.8. The third-order valence-electron chi connectivity index (χ3n) is 7.21. The van der Waals surface area contributed by atoms with E-state index in [4.69, 9.17) is 0 Å². The van der Waals surface area contributed by atoms with Gasteiger partial charge in [-0.05, 0) is 28.9 Å². The lowest BCUT2D eigenvalue weighted by atomic mass is 9.79. The van der Waals surface area contributed by atoms with Gasteiger partial charge in [0.25, 0.3) is 0 Å². The van der Waals surface area contributed by atoms with Gasteiger partial charge >= 0.3 is 0 Å². The Morgan fingerprint density at radius 3 is 1.65 bits per heavy atom. The van der Waals surface area contributed by atoms with Gasteiger partial charge < -0.3 is 5.11 Å². The molecule has 2 N–H and O–H groups in total. The first-order chi connectivity index (χ1) is 17.5. The number of phenols is 1. The van der Waals surface area contributed by atoms with Crippen molar-refractivity contribution in [2.75, 3.05) is 0 Å². The molecule has 0 radical (unpaired) electrons. The fraction of sp³-hybridized carbons (Fsp3) is 0.758. The van der Waals surface area contributed by atoms with Crippen molar-refractivity contribution in [1.29, 1.82) is 0 Å². The first-order valence-corrected chi connectivity index (χ1v) is 15.2. The Hall–Kier alpha value is -1.84. The zero-order chi connectivity index (χ0) is 27.7. The van der Waals surface area contributed by atoms with Gasteiger partial charge in [0.15, 0.2) is 0 Å². The summed E-state index contributed by atoms with van der Waals surface area (Å²) in [6, 6.07) is 4.05. The average molecular weight is 515 g/mol. The highest BCUT2D eigenvalue weighted by Crippen LogP contribution is 2.37. The van der Waals surface area contributed by atoms with Crippen molar-refractivity contribution in [1.82, 2.24) is 5.43 Å². The Morgan fingerprint density at radius 1 is 0.757 bits per heavy atom. The predicted octanol–water partition coefficient (Wildman–Crippen LogP) is 9.70. The molecule has 4 heteroatoms. The Morgan fingerprint density at radius 2 is 1.22 bits per heavy atom. The largest absolute Gasteiger partial charge is 0.507 e. The minimum atomic E-state index is -0.190. The van der Waals surface area contributed by atoms with Crippen molar-refractivity contribution >= 4 is 12.1 Å².